The van der Waals surface area contributed by atoms with Gasteiger partial charge in [0.25, 0.3) is 0 Å². The molecule has 1 aliphatic rings. The molecule has 1 aromatic rings. The normalized spacial score (nSPS) is 18.5. The Balaban J connectivity index is 2.29. The van der Waals surface area contributed by atoms with Crippen molar-refractivity contribution < 1.29 is 13.2 Å². The second kappa shape index (κ2) is 6.39. The summed E-state index contributed by atoms with van der Waals surface area (Å²) in [5.41, 5.74) is 0.266. The third-order valence-corrected chi connectivity index (χ3v) is 3.55. The SMILES string of the molecule is CCC[C@@H](c1cc(F)c(F)cc1F)N1CCNCC1. The molecule has 0 bridgehead atoms. The van der Waals surface area contributed by atoms with Crippen LogP contribution in [-0.2, 0) is 0 Å². The van der Waals surface area contributed by atoms with Crippen LogP contribution in [-0.4, -0.2) is 31.1 Å². The van der Waals surface area contributed by atoms with Crippen molar-refractivity contribution in [1.82, 2.24) is 10.2 Å². The molecule has 1 saturated heterocycles. The molecule has 0 saturated carbocycles. The first-order valence-corrected chi connectivity index (χ1v) is 6.72. The Morgan fingerprint density at radius 3 is 2.37 bits per heavy atom. The third kappa shape index (κ3) is 3.28. The number of nitrogens with zero attached hydrogens (tertiary/aromatic N) is 1. The van der Waals surface area contributed by atoms with Gasteiger partial charge in [-0.05, 0) is 12.5 Å². The Morgan fingerprint density at radius 1 is 1.11 bits per heavy atom. The maximum atomic E-state index is 13.9. The summed E-state index contributed by atoms with van der Waals surface area (Å²) in [6.45, 7) is 5.27. The molecule has 19 heavy (non-hydrogen) atoms. The summed E-state index contributed by atoms with van der Waals surface area (Å²) in [5, 5.41) is 3.23. The number of hydrogen-bond donors (Lipinski definition) is 1. The van der Waals surface area contributed by atoms with Gasteiger partial charge in [-0.15, -0.1) is 0 Å². The molecule has 1 fully saturated rings. The van der Waals surface area contributed by atoms with E-state index in [1.807, 2.05) is 6.92 Å². The van der Waals surface area contributed by atoms with Crippen molar-refractivity contribution in [3.05, 3.63) is 35.1 Å². The molecule has 0 aromatic heterocycles. The zero-order valence-electron chi connectivity index (χ0n) is 11.1. The van der Waals surface area contributed by atoms with Gasteiger partial charge in [-0.1, -0.05) is 13.3 Å². The molecule has 0 spiro atoms. The van der Waals surface area contributed by atoms with Crippen molar-refractivity contribution in [3.8, 4) is 0 Å². The average molecular weight is 272 g/mol. The van der Waals surface area contributed by atoms with E-state index in [0.29, 0.717) is 6.07 Å². The Morgan fingerprint density at radius 2 is 1.74 bits per heavy atom. The number of nitrogens with one attached hydrogen (secondary N) is 1. The third-order valence-electron chi connectivity index (χ3n) is 3.55. The highest BCUT2D eigenvalue weighted by Crippen LogP contribution is 2.29. The summed E-state index contributed by atoms with van der Waals surface area (Å²) in [5.74, 6) is -2.76. The van der Waals surface area contributed by atoms with E-state index in [0.717, 1.165) is 45.1 Å². The molecule has 1 aromatic carbocycles. The van der Waals surface area contributed by atoms with Crippen LogP contribution >= 0.6 is 0 Å². The molecular formula is C14H19F3N2. The Hall–Kier alpha value is -1.07. The quantitative estimate of drug-likeness (QED) is 0.848. The molecule has 106 valence electrons. The fraction of sp³-hybridized carbons (Fsp3) is 0.571. The maximum Gasteiger partial charge on any atom is 0.161 e. The lowest BCUT2D eigenvalue weighted by Gasteiger charge is -2.35. The summed E-state index contributed by atoms with van der Waals surface area (Å²) in [4.78, 5) is 2.13. The molecular weight excluding hydrogens is 253 g/mol. The van der Waals surface area contributed by atoms with Gasteiger partial charge in [0.15, 0.2) is 11.6 Å². The summed E-state index contributed by atoms with van der Waals surface area (Å²) in [6.07, 6.45) is 1.61. The van der Waals surface area contributed by atoms with Gasteiger partial charge in [-0.2, -0.15) is 0 Å². The Bertz CT molecular complexity index is 431. The minimum Gasteiger partial charge on any atom is -0.314 e. The van der Waals surface area contributed by atoms with Crippen molar-refractivity contribution in [1.29, 1.82) is 0 Å². The van der Waals surface area contributed by atoms with E-state index < -0.39 is 17.5 Å². The van der Waals surface area contributed by atoms with Gasteiger partial charge in [-0.3, -0.25) is 4.90 Å². The van der Waals surface area contributed by atoms with Crippen LogP contribution in [0.2, 0.25) is 0 Å². The standard InChI is InChI=1S/C14H19F3N2/c1-2-3-14(19-6-4-18-5-7-19)10-8-12(16)13(17)9-11(10)15/h8-9,14,18H,2-7H2,1H3/t14-/m0/s1. The molecule has 0 amide bonds. The fourth-order valence-electron chi connectivity index (χ4n) is 2.60. The largest absolute Gasteiger partial charge is 0.314 e. The summed E-state index contributed by atoms with van der Waals surface area (Å²) in [7, 11) is 0. The average Bonchev–Trinajstić information content (AvgIpc) is 2.42. The molecule has 0 aliphatic carbocycles. The first kappa shape index (κ1) is 14.3. The van der Waals surface area contributed by atoms with Gasteiger partial charge in [0.05, 0.1) is 0 Å². The number of piperazine rings is 1. The molecule has 2 nitrogen and oxygen atoms in total. The van der Waals surface area contributed by atoms with Gasteiger partial charge in [0, 0.05) is 43.9 Å². The zero-order valence-corrected chi connectivity index (χ0v) is 11.1. The number of benzene rings is 1. The van der Waals surface area contributed by atoms with Gasteiger partial charge in [0.2, 0.25) is 0 Å². The van der Waals surface area contributed by atoms with Crippen LogP contribution in [0.4, 0.5) is 13.2 Å². The number of halogens is 3. The van der Waals surface area contributed by atoms with Crippen LogP contribution < -0.4 is 5.32 Å². The summed E-state index contributed by atoms with van der Waals surface area (Å²) in [6, 6.07) is 1.48. The van der Waals surface area contributed by atoms with Crippen molar-refractivity contribution in [2.75, 3.05) is 26.2 Å². The molecule has 1 N–H and O–H groups in total. The summed E-state index contributed by atoms with van der Waals surface area (Å²) < 4.78 is 40.3. The first-order valence-electron chi connectivity index (χ1n) is 6.72. The van der Waals surface area contributed by atoms with Gasteiger partial charge < -0.3 is 5.32 Å². The van der Waals surface area contributed by atoms with E-state index in [-0.39, 0.29) is 11.6 Å². The minimum atomic E-state index is -1.13. The molecule has 2 rings (SSSR count). The van der Waals surface area contributed by atoms with E-state index >= 15 is 0 Å². The van der Waals surface area contributed by atoms with Crippen molar-refractivity contribution in [2.45, 2.75) is 25.8 Å². The van der Waals surface area contributed by atoms with Crippen molar-refractivity contribution >= 4 is 0 Å². The minimum absolute atomic E-state index is 0.179. The van der Waals surface area contributed by atoms with Gasteiger partial charge in [0.1, 0.15) is 5.82 Å². The van der Waals surface area contributed by atoms with Crippen LogP contribution in [0.5, 0.6) is 0 Å². The lowest BCUT2D eigenvalue weighted by Crippen LogP contribution is -2.45. The van der Waals surface area contributed by atoms with Crippen LogP contribution in [0.3, 0.4) is 0 Å². The van der Waals surface area contributed by atoms with E-state index in [1.165, 1.54) is 0 Å². The molecule has 5 heteroatoms. The van der Waals surface area contributed by atoms with Crippen LogP contribution in [0.1, 0.15) is 31.4 Å². The number of hydrogen-bond acceptors (Lipinski definition) is 2. The maximum absolute atomic E-state index is 13.9. The highest BCUT2D eigenvalue weighted by Gasteiger charge is 2.25. The molecule has 1 atom stereocenters. The predicted octanol–water partition coefficient (Wildman–Crippen LogP) is 2.85. The van der Waals surface area contributed by atoms with E-state index in [1.54, 1.807) is 0 Å². The monoisotopic (exact) mass is 272 g/mol. The Kier molecular flexibility index (Phi) is 4.82. The fourth-order valence-corrected chi connectivity index (χ4v) is 2.60. The highest BCUT2D eigenvalue weighted by molar-refractivity contribution is 5.23. The van der Waals surface area contributed by atoms with E-state index in [9.17, 15) is 13.2 Å². The second-order valence-electron chi connectivity index (χ2n) is 4.88. The Labute approximate surface area is 111 Å². The number of rotatable bonds is 4. The second-order valence-corrected chi connectivity index (χ2v) is 4.88. The molecule has 1 heterocycles. The lowest BCUT2D eigenvalue weighted by molar-refractivity contribution is 0.161. The predicted molar refractivity (Wildman–Crippen MR) is 68.4 cm³/mol. The topological polar surface area (TPSA) is 15.3 Å². The van der Waals surface area contributed by atoms with Crippen LogP contribution in [0.25, 0.3) is 0 Å². The smallest absolute Gasteiger partial charge is 0.161 e. The van der Waals surface area contributed by atoms with E-state index in [4.69, 9.17) is 0 Å². The molecule has 1 aliphatic heterocycles. The first-order chi connectivity index (χ1) is 9.13. The highest BCUT2D eigenvalue weighted by atomic mass is 19.2. The molecule has 0 radical (unpaired) electrons. The van der Waals surface area contributed by atoms with Crippen molar-refractivity contribution in [2.24, 2.45) is 0 Å². The van der Waals surface area contributed by atoms with Gasteiger partial charge >= 0.3 is 0 Å². The lowest BCUT2D eigenvalue weighted by atomic mass is 9.99. The van der Waals surface area contributed by atoms with Crippen LogP contribution in [0.15, 0.2) is 12.1 Å². The van der Waals surface area contributed by atoms with Crippen molar-refractivity contribution in [3.63, 3.8) is 0 Å². The molecule has 0 unspecified atom stereocenters. The summed E-state index contributed by atoms with van der Waals surface area (Å²) >= 11 is 0. The zero-order chi connectivity index (χ0) is 13.8. The van der Waals surface area contributed by atoms with E-state index in [2.05, 4.69) is 10.2 Å². The van der Waals surface area contributed by atoms with Crippen LogP contribution in [0, 0.1) is 17.5 Å². The van der Waals surface area contributed by atoms with Gasteiger partial charge in [-0.25, -0.2) is 13.2 Å².